The molecule has 3 N–H and O–H groups in total. The number of methoxy groups -OCH3 is 1. The molecule has 19 heavy (non-hydrogen) atoms. The van der Waals surface area contributed by atoms with Crippen molar-refractivity contribution in [3.8, 4) is 0 Å². The first-order chi connectivity index (χ1) is 9.06. The molecular formula is C12H20N4O3. The van der Waals surface area contributed by atoms with Gasteiger partial charge in [-0.2, -0.15) is 4.98 Å². The number of ether oxygens (including phenoxy) is 2. The quantitative estimate of drug-likeness (QED) is 0.776. The maximum absolute atomic E-state index is 11.9. The minimum atomic E-state index is -0.388. The molecule has 106 valence electrons. The summed E-state index contributed by atoms with van der Waals surface area (Å²) < 4.78 is 12.5. The molecule has 0 aliphatic carbocycles. The predicted octanol–water partition coefficient (Wildman–Crippen LogP) is -0.344. The smallest absolute Gasteiger partial charge is 0.351 e. The first-order valence-electron chi connectivity index (χ1n) is 6.23. The van der Waals surface area contributed by atoms with Gasteiger partial charge in [-0.25, -0.2) is 4.79 Å². The van der Waals surface area contributed by atoms with Gasteiger partial charge in [-0.05, 0) is 14.0 Å². The van der Waals surface area contributed by atoms with Gasteiger partial charge in [0, 0.05) is 31.3 Å². The van der Waals surface area contributed by atoms with Crippen LogP contribution < -0.4 is 16.7 Å². The van der Waals surface area contributed by atoms with Gasteiger partial charge in [0.05, 0.1) is 12.7 Å². The van der Waals surface area contributed by atoms with Crippen LogP contribution in [0, 0.1) is 6.92 Å². The minimum absolute atomic E-state index is 0.0789. The van der Waals surface area contributed by atoms with Gasteiger partial charge < -0.3 is 20.5 Å². The highest BCUT2D eigenvalue weighted by molar-refractivity contribution is 5.35. The van der Waals surface area contributed by atoms with E-state index in [0.29, 0.717) is 13.0 Å². The number of hydrogen-bond donors (Lipinski definition) is 2. The van der Waals surface area contributed by atoms with E-state index in [-0.39, 0.29) is 29.9 Å². The number of aromatic nitrogens is 2. The maximum atomic E-state index is 11.9. The first kappa shape index (κ1) is 14.0. The zero-order valence-electron chi connectivity index (χ0n) is 11.4. The lowest BCUT2D eigenvalue weighted by atomic mass is 10.1. The van der Waals surface area contributed by atoms with Crippen LogP contribution in [0.5, 0.6) is 0 Å². The zero-order chi connectivity index (χ0) is 14.0. The van der Waals surface area contributed by atoms with Crippen molar-refractivity contribution in [2.45, 2.75) is 31.7 Å². The summed E-state index contributed by atoms with van der Waals surface area (Å²) in [7, 11) is 3.50. The Balaban J connectivity index is 2.24. The Morgan fingerprint density at radius 2 is 2.42 bits per heavy atom. The fraction of sp³-hybridized carbons (Fsp3) is 0.667. The molecule has 2 heterocycles. The predicted molar refractivity (Wildman–Crippen MR) is 70.9 cm³/mol. The van der Waals surface area contributed by atoms with Gasteiger partial charge in [0.25, 0.3) is 0 Å². The lowest BCUT2D eigenvalue weighted by Gasteiger charge is -2.17. The highest BCUT2D eigenvalue weighted by Crippen LogP contribution is 2.28. The van der Waals surface area contributed by atoms with E-state index in [1.165, 1.54) is 4.57 Å². The number of hydrogen-bond acceptors (Lipinski definition) is 6. The molecule has 7 heteroatoms. The Morgan fingerprint density at radius 3 is 3.05 bits per heavy atom. The maximum Gasteiger partial charge on any atom is 0.351 e. The monoisotopic (exact) mass is 268 g/mol. The van der Waals surface area contributed by atoms with Crippen LogP contribution in [0.3, 0.4) is 0 Å². The first-order valence-corrected chi connectivity index (χ1v) is 6.23. The van der Waals surface area contributed by atoms with Crippen molar-refractivity contribution in [2.24, 2.45) is 0 Å². The molecule has 0 bridgehead atoms. The molecule has 1 aliphatic heterocycles. The molecule has 0 amide bonds. The Morgan fingerprint density at radius 1 is 1.68 bits per heavy atom. The average Bonchev–Trinajstić information content (AvgIpc) is 2.77. The Labute approximate surface area is 111 Å². The van der Waals surface area contributed by atoms with Gasteiger partial charge in [-0.1, -0.05) is 0 Å². The SMILES string of the molecule is CNC1C[C@H](n2cc(C)c(N)nc2=O)O[C@@H]1COC. The van der Waals surface area contributed by atoms with Crippen LogP contribution in [0.25, 0.3) is 0 Å². The van der Waals surface area contributed by atoms with Crippen molar-refractivity contribution in [1.29, 1.82) is 0 Å². The van der Waals surface area contributed by atoms with Crippen LogP contribution in [0.2, 0.25) is 0 Å². The van der Waals surface area contributed by atoms with Crippen molar-refractivity contribution in [3.05, 3.63) is 22.2 Å². The van der Waals surface area contributed by atoms with Crippen LogP contribution in [0.15, 0.2) is 11.0 Å². The normalized spacial score (nSPS) is 26.8. The summed E-state index contributed by atoms with van der Waals surface area (Å²) in [6.45, 7) is 2.30. The van der Waals surface area contributed by atoms with Gasteiger partial charge in [-0.3, -0.25) is 4.57 Å². The van der Waals surface area contributed by atoms with Crippen molar-refractivity contribution >= 4 is 5.82 Å². The summed E-state index contributed by atoms with van der Waals surface area (Å²) in [5, 5.41) is 3.18. The third kappa shape index (κ3) is 2.78. The van der Waals surface area contributed by atoms with Gasteiger partial charge >= 0.3 is 5.69 Å². The largest absolute Gasteiger partial charge is 0.383 e. The zero-order valence-corrected chi connectivity index (χ0v) is 11.4. The van der Waals surface area contributed by atoms with Gasteiger partial charge in [0.15, 0.2) is 0 Å². The molecule has 1 unspecified atom stereocenters. The number of anilines is 1. The third-order valence-electron chi connectivity index (χ3n) is 3.42. The third-order valence-corrected chi connectivity index (χ3v) is 3.42. The van der Waals surface area contributed by atoms with E-state index in [1.54, 1.807) is 13.3 Å². The van der Waals surface area contributed by atoms with E-state index in [4.69, 9.17) is 15.2 Å². The van der Waals surface area contributed by atoms with E-state index in [1.807, 2.05) is 14.0 Å². The lowest BCUT2D eigenvalue weighted by Crippen LogP contribution is -2.36. The number of likely N-dealkylation sites (N-methyl/N-ethyl adjacent to an activating group) is 1. The fourth-order valence-electron chi connectivity index (χ4n) is 2.31. The summed E-state index contributed by atoms with van der Waals surface area (Å²) in [6.07, 6.45) is 1.97. The second-order valence-electron chi connectivity index (χ2n) is 4.71. The topological polar surface area (TPSA) is 91.4 Å². The molecule has 7 nitrogen and oxygen atoms in total. The van der Waals surface area contributed by atoms with Crippen molar-refractivity contribution in [2.75, 3.05) is 26.5 Å². The molecule has 0 saturated carbocycles. The Hall–Kier alpha value is -1.44. The second kappa shape index (κ2) is 5.68. The molecule has 0 aromatic carbocycles. The van der Waals surface area contributed by atoms with E-state index < -0.39 is 0 Å². The van der Waals surface area contributed by atoms with Crippen molar-refractivity contribution < 1.29 is 9.47 Å². The number of aryl methyl sites for hydroxylation is 1. The highest BCUT2D eigenvalue weighted by atomic mass is 16.5. The summed E-state index contributed by atoms with van der Waals surface area (Å²) >= 11 is 0. The summed E-state index contributed by atoms with van der Waals surface area (Å²) in [5.41, 5.74) is 5.99. The van der Waals surface area contributed by atoms with Crippen LogP contribution in [-0.2, 0) is 9.47 Å². The molecule has 3 atom stereocenters. The summed E-state index contributed by atoms with van der Waals surface area (Å²) in [6, 6.07) is 0.148. The molecule has 1 aromatic heterocycles. The summed E-state index contributed by atoms with van der Waals surface area (Å²) in [4.78, 5) is 15.7. The van der Waals surface area contributed by atoms with E-state index in [2.05, 4.69) is 10.3 Å². The molecule has 1 aromatic rings. The minimum Gasteiger partial charge on any atom is -0.383 e. The Kier molecular flexibility index (Phi) is 4.18. The van der Waals surface area contributed by atoms with E-state index >= 15 is 0 Å². The summed E-state index contributed by atoms with van der Waals surface area (Å²) in [5.74, 6) is 0.262. The average molecular weight is 268 g/mol. The molecule has 1 fully saturated rings. The molecule has 0 radical (unpaired) electrons. The molecular weight excluding hydrogens is 248 g/mol. The highest BCUT2D eigenvalue weighted by Gasteiger charge is 2.35. The number of nitrogens with one attached hydrogen (secondary N) is 1. The fourth-order valence-corrected chi connectivity index (χ4v) is 2.31. The molecule has 0 spiro atoms. The van der Waals surface area contributed by atoms with Gasteiger partial charge in [0.2, 0.25) is 0 Å². The molecule has 2 rings (SSSR count). The Bertz CT molecular complexity index is 502. The molecule has 1 aliphatic rings. The standard InChI is InChI=1S/C12H20N4O3/c1-7-5-16(12(17)15-11(7)13)10-4-8(14-2)9(19-10)6-18-3/h5,8-10,14H,4,6H2,1-3H3,(H2,13,15,17)/t8?,9-,10-/m1/s1. The van der Waals surface area contributed by atoms with Crippen LogP contribution in [-0.4, -0.2) is 42.5 Å². The second-order valence-corrected chi connectivity index (χ2v) is 4.71. The number of rotatable bonds is 4. The van der Waals surface area contributed by atoms with Crippen LogP contribution in [0.4, 0.5) is 5.82 Å². The van der Waals surface area contributed by atoms with Crippen LogP contribution in [0.1, 0.15) is 18.2 Å². The van der Waals surface area contributed by atoms with E-state index in [0.717, 1.165) is 5.56 Å². The number of nitrogens with two attached hydrogens (primary N) is 1. The van der Waals surface area contributed by atoms with Gasteiger partial charge in [0.1, 0.15) is 12.0 Å². The van der Waals surface area contributed by atoms with Crippen molar-refractivity contribution in [3.63, 3.8) is 0 Å². The number of nitrogens with zero attached hydrogens (tertiary/aromatic N) is 2. The number of nitrogen functional groups attached to an aromatic ring is 1. The van der Waals surface area contributed by atoms with E-state index in [9.17, 15) is 4.79 Å². The van der Waals surface area contributed by atoms with Crippen molar-refractivity contribution in [1.82, 2.24) is 14.9 Å². The van der Waals surface area contributed by atoms with Gasteiger partial charge in [-0.15, -0.1) is 0 Å². The molecule has 1 saturated heterocycles. The van der Waals surface area contributed by atoms with Crippen LogP contribution >= 0.6 is 0 Å². The lowest BCUT2D eigenvalue weighted by molar-refractivity contribution is -0.0376.